The number of nitrogens with zero attached hydrogens (tertiary/aromatic N) is 4. The molecule has 0 amide bonds. The first-order valence-electron chi connectivity index (χ1n) is 6.85. The van der Waals surface area contributed by atoms with Gasteiger partial charge in [-0.05, 0) is 25.5 Å². The Kier molecular flexibility index (Phi) is 3.78. The van der Waals surface area contributed by atoms with Gasteiger partial charge >= 0.3 is 0 Å². The lowest BCUT2D eigenvalue weighted by molar-refractivity contribution is 0.632. The van der Waals surface area contributed by atoms with E-state index in [0.29, 0.717) is 12.0 Å². The van der Waals surface area contributed by atoms with Crippen molar-refractivity contribution in [1.29, 1.82) is 0 Å². The summed E-state index contributed by atoms with van der Waals surface area (Å²) in [5.74, 6) is 1.41. The van der Waals surface area contributed by atoms with Crippen molar-refractivity contribution in [2.45, 2.75) is 18.9 Å². The minimum atomic E-state index is 0.541. The van der Waals surface area contributed by atoms with Crippen molar-refractivity contribution in [2.24, 2.45) is 7.05 Å². The van der Waals surface area contributed by atoms with Gasteiger partial charge in [0, 0.05) is 32.0 Å². The summed E-state index contributed by atoms with van der Waals surface area (Å²) in [6, 6.07) is 2.42. The summed E-state index contributed by atoms with van der Waals surface area (Å²) >= 11 is 0. The molecular weight excluding hydrogens is 254 g/mol. The van der Waals surface area contributed by atoms with Crippen LogP contribution in [0.15, 0.2) is 24.7 Å². The van der Waals surface area contributed by atoms with Crippen LogP contribution in [0.3, 0.4) is 0 Å². The van der Waals surface area contributed by atoms with Gasteiger partial charge in [0.2, 0.25) is 5.95 Å². The Morgan fingerprint density at radius 1 is 1.50 bits per heavy atom. The van der Waals surface area contributed by atoms with Gasteiger partial charge in [0.25, 0.3) is 0 Å². The van der Waals surface area contributed by atoms with Crippen LogP contribution in [0.5, 0.6) is 0 Å². The molecule has 1 saturated heterocycles. The van der Waals surface area contributed by atoms with E-state index in [4.69, 9.17) is 0 Å². The molecule has 1 atom stereocenters. The predicted octanol–water partition coefficient (Wildman–Crippen LogP) is 1.12. The quantitative estimate of drug-likeness (QED) is 0.757. The number of anilines is 3. The highest BCUT2D eigenvalue weighted by atomic mass is 15.3. The summed E-state index contributed by atoms with van der Waals surface area (Å²) in [6.07, 6.45) is 7.84. The van der Waals surface area contributed by atoms with Crippen LogP contribution in [0.4, 0.5) is 17.5 Å². The molecule has 1 fully saturated rings. The summed E-state index contributed by atoms with van der Waals surface area (Å²) in [4.78, 5) is 8.65. The molecule has 0 saturated carbocycles. The van der Waals surface area contributed by atoms with Crippen LogP contribution in [0.2, 0.25) is 0 Å². The van der Waals surface area contributed by atoms with Crippen LogP contribution in [-0.2, 0) is 7.05 Å². The molecule has 7 nitrogen and oxygen atoms in total. The van der Waals surface area contributed by atoms with Crippen LogP contribution in [0.1, 0.15) is 12.8 Å². The van der Waals surface area contributed by atoms with Crippen molar-refractivity contribution < 1.29 is 0 Å². The van der Waals surface area contributed by atoms with E-state index in [0.717, 1.165) is 24.6 Å². The average molecular weight is 273 g/mol. The van der Waals surface area contributed by atoms with Crippen LogP contribution in [-0.4, -0.2) is 38.9 Å². The second-order valence-electron chi connectivity index (χ2n) is 4.97. The fourth-order valence-corrected chi connectivity index (χ4v) is 2.29. The standard InChI is InChI=1S/C13H19N7/c1-20-9-11(8-17-20)18-13-15-6-4-12(19-13)16-7-10-3-2-5-14-10/h4,6,8-10,14H,2-3,5,7H2,1H3,(H2,15,16,18,19). The SMILES string of the molecule is Cn1cc(Nc2nccc(NCC3CCCN3)n2)cn1. The molecule has 106 valence electrons. The molecule has 2 aromatic rings. The molecule has 2 aromatic heterocycles. The monoisotopic (exact) mass is 273 g/mol. The molecular formula is C13H19N7. The summed E-state index contributed by atoms with van der Waals surface area (Å²) in [6.45, 7) is 2.01. The van der Waals surface area contributed by atoms with E-state index in [9.17, 15) is 0 Å². The minimum absolute atomic E-state index is 0.541. The highest BCUT2D eigenvalue weighted by Gasteiger charge is 2.13. The van der Waals surface area contributed by atoms with Gasteiger partial charge in [-0.15, -0.1) is 0 Å². The maximum atomic E-state index is 4.44. The number of aromatic nitrogens is 4. The lowest BCUT2D eigenvalue weighted by Gasteiger charge is -2.12. The van der Waals surface area contributed by atoms with Crippen molar-refractivity contribution in [2.75, 3.05) is 23.7 Å². The van der Waals surface area contributed by atoms with Crippen LogP contribution >= 0.6 is 0 Å². The van der Waals surface area contributed by atoms with Crippen molar-refractivity contribution in [3.05, 3.63) is 24.7 Å². The Hall–Kier alpha value is -2.15. The van der Waals surface area contributed by atoms with Gasteiger partial charge in [-0.3, -0.25) is 4.68 Å². The molecule has 1 unspecified atom stereocenters. The first-order chi connectivity index (χ1) is 9.79. The van der Waals surface area contributed by atoms with E-state index in [1.807, 2.05) is 19.3 Å². The highest BCUT2D eigenvalue weighted by Crippen LogP contribution is 2.13. The maximum absolute atomic E-state index is 4.44. The zero-order valence-corrected chi connectivity index (χ0v) is 11.5. The van der Waals surface area contributed by atoms with E-state index < -0.39 is 0 Å². The second kappa shape index (κ2) is 5.87. The van der Waals surface area contributed by atoms with Gasteiger partial charge in [0.1, 0.15) is 5.82 Å². The first-order valence-corrected chi connectivity index (χ1v) is 6.85. The molecule has 0 aromatic carbocycles. The third-order valence-corrected chi connectivity index (χ3v) is 3.31. The summed E-state index contributed by atoms with van der Waals surface area (Å²) in [5, 5.41) is 14.0. The Morgan fingerprint density at radius 2 is 2.45 bits per heavy atom. The Bertz CT molecular complexity index is 559. The number of rotatable bonds is 5. The number of aryl methyl sites for hydroxylation is 1. The molecule has 3 heterocycles. The fraction of sp³-hybridized carbons (Fsp3) is 0.462. The van der Waals surface area contributed by atoms with E-state index in [-0.39, 0.29) is 0 Å². The molecule has 0 aliphatic carbocycles. The van der Waals surface area contributed by atoms with Crippen molar-refractivity contribution in [3.63, 3.8) is 0 Å². The number of hydrogen-bond donors (Lipinski definition) is 3. The van der Waals surface area contributed by atoms with Crippen LogP contribution in [0, 0.1) is 0 Å². The lowest BCUT2D eigenvalue weighted by Crippen LogP contribution is -2.29. The molecule has 1 aliphatic rings. The van der Waals surface area contributed by atoms with E-state index in [1.54, 1.807) is 17.1 Å². The van der Waals surface area contributed by atoms with Crippen LogP contribution < -0.4 is 16.0 Å². The minimum Gasteiger partial charge on any atom is -0.368 e. The van der Waals surface area contributed by atoms with Crippen molar-refractivity contribution in [3.8, 4) is 0 Å². The second-order valence-corrected chi connectivity index (χ2v) is 4.97. The zero-order chi connectivity index (χ0) is 13.8. The fourth-order valence-electron chi connectivity index (χ4n) is 2.29. The molecule has 0 spiro atoms. The topological polar surface area (TPSA) is 79.7 Å². The molecule has 3 N–H and O–H groups in total. The molecule has 0 radical (unpaired) electrons. The summed E-state index contributed by atoms with van der Waals surface area (Å²) in [5.41, 5.74) is 0.877. The van der Waals surface area contributed by atoms with Gasteiger partial charge < -0.3 is 16.0 Å². The van der Waals surface area contributed by atoms with Crippen molar-refractivity contribution in [1.82, 2.24) is 25.1 Å². The van der Waals surface area contributed by atoms with E-state index in [2.05, 4.69) is 31.0 Å². The summed E-state index contributed by atoms with van der Waals surface area (Å²) < 4.78 is 1.73. The lowest BCUT2D eigenvalue weighted by atomic mass is 10.2. The van der Waals surface area contributed by atoms with E-state index >= 15 is 0 Å². The first kappa shape index (κ1) is 12.9. The molecule has 1 aliphatic heterocycles. The van der Waals surface area contributed by atoms with Gasteiger partial charge in [-0.1, -0.05) is 0 Å². The highest BCUT2D eigenvalue weighted by molar-refractivity contribution is 5.52. The molecule has 3 rings (SSSR count). The predicted molar refractivity (Wildman–Crippen MR) is 78.0 cm³/mol. The van der Waals surface area contributed by atoms with Crippen molar-refractivity contribution >= 4 is 17.5 Å². The summed E-state index contributed by atoms with van der Waals surface area (Å²) in [7, 11) is 1.87. The normalized spacial score (nSPS) is 18.1. The Morgan fingerprint density at radius 3 is 3.20 bits per heavy atom. The number of nitrogens with one attached hydrogen (secondary N) is 3. The zero-order valence-electron chi connectivity index (χ0n) is 11.5. The van der Waals surface area contributed by atoms with Gasteiger partial charge in [-0.25, -0.2) is 4.98 Å². The largest absolute Gasteiger partial charge is 0.368 e. The number of hydrogen-bond acceptors (Lipinski definition) is 6. The Balaban J connectivity index is 1.60. The van der Waals surface area contributed by atoms with E-state index in [1.165, 1.54) is 12.8 Å². The van der Waals surface area contributed by atoms with Gasteiger partial charge in [0.15, 0.2) is 0 Å². The maximum Gasteiger partial charge on any atom is 0.229 e. The molecule has 7 heteroatoms. The average Bonchev–Trinajstić information content (AvgIpc) is 3.09. The van der Waals surface area contributed by atoms with Gasteiger partial charge in [0.05, 0.1) is 11.9 Å². The third-order valence-electron chi connectivity index (χ3n) is 3.31. The third kappa shape index (κ3) is 3.24. The van der Waals surface area contributed by atoms with Gasteiger partial charge in [-0.2, -0.15) is 10.1 Å². The molecule has 20 heavy (non-hydrogen) atoms. The van der Waals surface area contributed by atoms with Crippen LogP contribution in [0.25, 0.3) is 0 Å². The smallest absolute Gasteiger partial charge is 0.229 e. The Labute approximate surface area is 117 Å². The molecule has 0 bridgehead atoms.